The van der Waals surface area contributed by atoms with Gasteiger partial charge < -0.3 is 10.2 Å². The first-order valence-electron chi connectivity index (χ1n) is 4.26. The SMILES string of the molecule is CN1CCCC(NC(=O)CCl)C1. The topological polar surface area (TPSA) is 32.3 Å². The Morgan fingerprint density at radius 1 is 1.75 bits per heavy atom. The Hall–Kier alpha value is -0.280. The molecule has 0 spiro atoms. The van der Waals surface area contributed by atoms with Crippen LogP contribution in [0.4, 0.5) is 0 Å². The Bertz CT molecular complexity index is 163. The third-order valence-corrected chi connectivity index (χ3v) is 2.35. The van der Waals surface area contributed by atoms with Gasteiger partial charge in [-0.15, -0.1) is 11.6 Å². The zero-order chi connectivity index (χ0) is 8.97. The predicted octanol–water partition coefficient (Wildman–Crippen LogP) is 0.436. The van der Waals surface area contributed by atoms with Crippen molar-refractivity contribution in [3.63, 3.8) is 0 Å². The van der Waals surface area contributed by atoms with Crippen molar-refractivity contribution < 1.29 is 4.79 Å². The summed E-state index contributed by atoms with van der Waals surface area (Å²) < 4.78 is 0. The Labute approximate surface area is 78.1 Å². The molecule has 1 fully saturated rings. The lowest BCUT2D eigenvalue weighted by Crippen LogP contribution is -2.46. The number of likely N-dealkylation sites (tertiary alicyclic amines) is 1. The highest BCUT2D eigenvalue weighted by molar-refractivity contribution is 6.27. The molecule has 0 bridgehead atoms. The first-order valence-corrected chi connectivity index (χ1v) is 4.79. The van der Waals surface area contributed by atoms with Gasteiger partial charge in [0.1, 0.15) is 5.88 Å². The summed E-state index contributed by atoms with van der Waals surface area (Å²) in [5, 5.41) is 2.89. The van der Waals surface area contributed by atoms with Gasteiger partial charge >= 0.3 is 0 Å². The number of carbonyl (C=O) groups excluding carboxylic acids is 1. The molecule has 1 amide bonds. The van der Waals surface area contributed by atoms with Crippen LogP contribution >= 0.6 is 11.6 Å². The molecule has 0 aromatic rings. The van der Waals surface area contributed by atoms with E-state index in [-0.39, 0.29) is 11.8 Å². The number of piperidine rings is 1. The van der Waals surface area contributed by atoms with Crippen LogP contribution in [0.25, 0.3) is 0 Å². The van der Waals surface area contributed by atoms with Crippen LogP contribution in [0.15, 0.2) is 0 Å². The molecule has 0 aromatic heterocycles. The Morgan fingerprint density at radius 2 is 2.50 bits per heavy atom. The minimum absolute atomic E-state index is 0.0584. The number of halogens is 1. The molecule has 1 unspecified atom stereocenters. The normalized spacial score (nSPS) is 25.3. The second-order valence-corrected chi connectivity index (χ2v) is 3.57. The molecular weight excluding hydrogens is 176 g/mol. The van der Waals surface area contributed by atoms with Crippen molar-refractivity contribution in [2.45, 2.75) is 18.9 Å². The molecule has 4 heteroatoms. The van der Waals surface area contributed by atoms with Crippen LogP contribution in [0.3, 0.4) is 0 Å². The van der Waals surface area contributed by atoms with Gasteiger partial charge in [0.15, 0.2) is 0 Å². The minimum atomic E-state index is -0.0584. The van der Waals surface area contributed by atoms with Crippen molar-refractivity contribution in [1.29, 1.82) is 0 Å². The van der Waals surface area contributed by atoms with E-state index in [1.807, 2.05) is 0 Å². The van der Waals surface area contributed by atoms with Crippen molar-refractivity contribution in [2.24, 2.45) is 0 Å². The fourth-order valence-corrected chi connectivity index (χ4v) is 1.63. The van der Waals surface area contributed by atoms with E-state index in [1.165, 1.54) is 0 Å². The van der Waals surface area contributed by atoms with E-state index in [4.69, 9.17) is 11.6 Å². The molecule has 1 rings (SSSR count). The number of rotatable bonds is 2. The number of nitrogens with zero attached hydrogens (tertiary/aromatic N) is 1. The molecule has 1 saturated heterocycles. The van der Waals surface area contributed by atoms with Gasteiger partial charge in [0, 0.05) is 12.6 Å². The molecule has 0 aliphatic carbocycles. The molecule has 0 saturated carbocycles. The highest BCUT2D eigenvalue weighted by Gasteiger charge is 2.17. The molecule has 1 atom stereocenters. The molecule has 1 heterocycles. The average Bonchev–Trinajstić information content (AvgIpc) is 2.04. The third-order valence-electron chi connectivity index (χ3n) is 2.11. The largest absolute Gasteiger partial charge is 0.351 e. The van der Waals surface area contributed by atoms with Gasteiger partial charge in [-0.2, -0.15) is 0 Å². The smallest absolute Gasteiger partial charge is 0.235 e. The van der Waals surface area contributed by atoms with E-state index in [2.05, 4.69) is 17.3 Å². The van der Waals surface area contributed by atoms with Gasteiger partial charge in [-0.3, -0.25) is 4.79 Å². The lowest BCUT2D eigenvalue weighted by Gasteiger charge is -2.29. The minimum Gasteiger partial charge on any atom is -0.351 e. The first kappa shape index (κ1) is 9.81. The number of carbonyl (C=O) groups is 1. The summed E-state index contributed by atoms with van der Waals surface area (Å²) in [6.07, 6.45) is 2.23. The number of amides is 1. The Kier molecular flexibility index (Phi) is 3.82. The first-order chi connectivity index (χ1) is 5.72. The molecule has 3 nitrogen and oxygen atoms in total. The molecular formula is C8H15ClN2O. The lowest BCUT2D eigenvalue weighted by atomic mass is 10.1. The van der Waals surface area contributed by atoms with E-state index in [0.717, 1.165) is 25.9 Å². The Balaban J connectivity index is 2.27. The number of likely N-dealkylation sites (N-methyl/N-ethyl adjacent to an activating group) is 1. The summed E-state index contributed by atoms with van der Waals surface area (Å²) in [5.74, 6) is 0.0113. The summed E-state index contributed by atoms with van der Waals surface area (Å²) in [6.45, 7) is 2.08. The summed E-state index contributed by atoms with van der Waals surface area (Å²) in [6, 6.07) is 0.301. The van der Waals surface area contributed by atoms with E-state index in [1.54, 1.807) is 0 Å². The zero-order valence-electron chi connectivity index (χ0n) is 7.35. The number of alkyl halides is 1. The van der Waals surface area contributed by atoms with Crippen LogP contribution < -0.4 is 5.32 Å². The Morgan fingerprint density at radius 3 is 3.08 bits per heavy atom. The average molecular weight is 191 g/mol. The van der Waals surface area contributed by atoms with Crippen LogP contribution in [-0.4, -0.2) is 42.9 Å². The van der Waals surface area contributed by atoms with Gasteiger partial charge in [-0.1, -0.05) is 0 Å². The summed E-state index contributed by atoms with van der Waals surface area (Å²) >= 11 is 5.38. The highest BCUT2D eigenvalue weighted by atomic mass is 35.5. The second kappa shape index (κ2) is 4.67. The molecule has 0 radical (unpaired) electrons. The summed E-state index contributed by atoms with van der Waals surface area (Å²) in [7, 11) is 2.07. The van der Waals surface area contributed by atoms with Crippen LogP contribution in [0.2, 0.25) is 0 Å². The molecule has 1 N–H and O–H groups in total. The second-order valence-electron chi connectivity index (χ2n) is 3.30. The van der Waals surface area contributed by atoms with Gasteiger partial charge in [0.2, 0.25) is 5.91 Å². The van der Waals surface area contributed by atoms with Crippen molar-refractivity contribution in [3.05, 3.63) is 0 Å². The highest BCUT2D eigenvalue weighted by Crippen LogP contribution is 2.07. The monoisotopic (exact) mass is 190 g/mol. The number of hydrogen-bond acceptors (Lipinski definition) is 2. The van der Waals surface area contributed by atoms with Crippen LogP contribution in [0.5, 0.6) is 0 Å². The fourth-order valence-electron chi connectivity index (χ4n) is 1.55. The molecule has 1 aliphatic rings. The van der Waals surface area contributed by atoms with Crippen molar-refractivity contribution in [1.82, 2.24) is 10.2 Å². The predicted molar refractivity (Wildman–Crippen MR) is 49.4 cm³/mol. The quantitative estimate of drug-likeness (QED) is 0.641. The van der Waals surface area contributed by atoms with Gasteiger partial charge in [-0.25, -0.2) is 0 Å². The maximum absolute atomic E-state index is 10.9. The van der Waals surface area contributed by atoms with Crippen LogP contribution in [-0.2, 0) is 4.79 Å². The van der Waals surface area contributed by atoms with Gasteiger partial charge in [0.05, 0.1) is 0 Å². The standard InChI is InChI=1S/C8H15ClN2O/c1-11-4-2-3-7(6-11)10-8(12)5-9/h7H,2-6H2,1H3,(H,10,12). The van der Waals surface area contributed by atoms with Crippen molar-refractivity contribution >= 4 is 17.5 Å². The van der Waals surface area contributed by atoms with E-state index < -0.39 is 0 Å². The van der Waals surface area contributed by atoms with Crippen LogP contribution in [0, 0.1) is 0 Å². The van der Waals surface area contributed by atoms with Crippen molar-refractivity contribution in [3.8, 4) is 0 Å². The zero-order valence-corrected chi connectivity index (χ0v) is 8.10. The molecule has 0 aromatic carbocycles. The van der Waals surface area contributed by atoms with E-state index in [9.17, 15) is 4.79 Å². The van der Waals surface area contributed by atoms with Gasteiger partial charge in [-0.05, 0) is 26.4 Å². The maximum atomic E-state index is 10.9. The number of nitrogens with one attached hydrogen (secondary N) is 1. The fraction of sp³-hybridized carbons (Fsp3) is 0.875. The maximum Gasteiger partial charge on any atom is 0.235 e. The van der Waals surface area contributed by atoms with Crippen LogP contribution in [0.1, 0.15) is 12.8 Å². The summed E-state index contributed by atoms with van der Waals surface area (Å²) in [5.41, 5.74) is 0. The van der Waals surface area contributed by atoms with E-state index in [0.29, 0.717) is 6.04 Å². The third kappa shape index (κ3) is 2.99. The number of hydrogen-bond donors (Lipinski definition) is 1. The van der Waals surface area contributed by atoms with Gasteiger partial charge in [0.25, 0.3) is 0 Å². The summed E-state index contributed by atoms with van der Waals surface area (Å²) in [4.78, 5) is 13.1. The van der Waals surface area contributed by atoms with Crippen molar-refractivity contribution in [2.75, 3.05) is 26.0 Å². The lowest BCUT2D eigenvalue weighted by molar-refractivity contribution is -0.119. The molecule has 70 valence electrons. The van der Waals surface area contributed by atoms with E-state index >= 15 is 0 Å². The molecule has 1 aliphatic heterocycles. The molecule has 12 heavy (non-hydrogen) atoms.